The second kappa shape index (κ2) is 10.6. The quantitative estimate of drug-likeness (QED) is 0.411. The second-order valence-electron chi connectivity index (χ2n) is 9.36. The van der Waals surface area contributed by atoms with Crippen LogP contribution in [0.3, 0.4) is 0 Å². The van der Waals surface area contributed by atoms with Crippen LogP contribution >= 0.6 is 0 Å². The Kier molecular flexibility index (Phi) is 7.19. The Balaban J connectivity index is 1.45. The van der Waals surface area contributed by atoms with Crippen LogP contribution in [0.5, 0.6) is 5.75 Å². The number of hydrogen-bond acceptors (Lipinski definition) is 6. The third-order valence-electron chi connectivity index (χ3n) is 6.75. The highest BCUT2D eigenvalue weighted by atomic mass is 19.4. The van der Waals surface area contributed by atoms with Crippen LogP contribution in [0.4, 0.5) is 23.7 Å². The number of hydrogen-bond donors (Lipinski definition) is 1. The van der Waals surface area contributed by atoms with E-state index in [2.05, 4.69) is 20.7 Å². The van der Waals surface area contributed by atoms with E-state index in [0.717, 1.165) is 48.3 Å². The minimum Gasteiger partial charge on any atom is -0.486 e. The molecule has 1 N–H and O–H groups in total. The SMILES string of the molecule is C[C@@H](OC(=O)Nc1ccc(-c2c(C#N)c3ccc(OC4COCOC4)cc3n2C2CCC2)cc1)C(F)(F)F. The van der Waals surface area contributed by atoms with Gasteiger partial charge in [0.25, 0.3) is 0 Å². The van der Waals surface area contributed by atoms with Crippen LogP contribution in [0.25, 0.3) is 22.2 Å². The highest BCUT2D eigenvalue weighted by molar-refractivity contribution is 5.96. The topological polar surface area (TPSA) is 94.7 Å². The van der Waals surface area contributed by atoms with E-state index in [1.54, 1.807) is 24.3 Å². The zero-order valence-corrected chi connectivity index (χ0v) is 20.6. The average molecular weight is 530 g/mol. The highest BCUT2D eigenvalue weighted by Gasteiger charge is 2.39. The van der Waals surface area contributed by atoms with E-state index in [-0.39, 0.29) is 24.6 Å². The van der Waals surface area contributed by atoms with E-state index < -0.39 is 18.4 Å². The number of benzene rings is 2. The van der Waals surface area contributed by atoms with Gasteiger partial charge in [-0.15, -0.1) is 0 Å². The largest absolute Gasteiger partial charge is 0.486 e. The van der Waals surface area contributed by atoms with Crippen LogP contribution in [0, 0.1) is 11.3 Å². The van der Waals surface area contributed by atoms with Crippen LogP contribution in [-0.2, 0) is 14.2 Å². The van der Waals surface area contributed by atoms with Gasteiger partial charge in [0.1, 0.15) is 24.7 Å². The van der Waals surface area contributed by atoms with Crippen LogP contribution in [0.15, 0.2) is 42.5 Å². The molecule has 0 radical (unpaired) electrons. The summed E-state index contributed by atoms with van der Waals surface area (Å²) in [6, 6.07) is 14.8. The van der Waals surface area contributed by atoms with Crippen LogP contribution < -0.4 is 10.1 Å². The smallest absolute Gasteiger partial charge is 0.425 e. The van der Waals surface area contributed by atoms with Gasteiger partial charge in [0.05, 0.1) is 30.0 Å². The molecule has 11 heteroatoms. The first-order valence-corrected chi connectivity index (χ1v) is 12.3. The van der Waals surface area contributed by atoms with Gasteiger partial charge in [-0.25, -0.2) is 4.79 Å². The van der Waals surface area contributed by atoms with Gasteiger partial charge >= 0.3 is 12.3 Å². The van der Waals surface area contributed by atoms with E-state index in [4.69, 9.17) is 14.2 Å². The Bertz CT molecular complexity index is 1350. The summed E-state index contributed by atoms with van der Waals surface area (Å²) >= 11 is 0. The lowest BCUT2D eigenvalue weighted by Gasteiger charge is -2.30. The molecule has 3 aromatic rings. The summed E-state index contributed by atoms with van der Waals surface area (Å²) in [7, 11) is 0. The Morgan fingerprint density at radius 2 is 1.87 bits per heavy atom. The molecule has 1 amide bonds. The third kappa shape index (κ3) is 5.28. The Labute approximate surface area is 216 Å². The van der Waals surface area contributed by atoms with E-state index in [1.807, 2.05) is 18.2 Å². The number of rotatable bonds is 6. The number of fused-ring (bicyclic) bond motifs is 1. The van der Waals surface area contributed by atoms with Gasteiger partial charge in [0, 0.05) is 23.2 Å². The molecule has 1 aromatic heterocycles. The molecular weight excluding hydrogens is 503 g/mol. The zero-order valence-electron chi connectivity index (χ0n) is 20.6. The number of amides is 1. The molecule has 0 spiro atoms. The van der Waals surface area contributed by atoms with Crippen molar-refractivity contribution in [2.24, 2.45) is 0 Å². The van der Waals surface area contributed by atoms with Crippen molar-refractivity contribution in [3.05, 3.63) is 48.0 Å². The molecule has 2 aliphatic rings. The Morgan fingerprint density at radius 1 is 1.16 bits per heavy atom. The van der Waals surface area contributed by atoms with Crippen molar-refractivity contribution in [2.75, 3.05) is 25.3 Å². The maximum absolute atomic E-state index is 12.7. The molecule has 5 rings (SSSR count). The molecule has 0 bridgehead atoms. The minimum absolute atomic E-state index is 0.211. The number of nitrogens with one attached hydrogen (secondary N) is 1. The van der Waals surface area contributed by atoms with Gasteiger partial charge in [0.2, 0.25) is 0 Å². The number of nitriles is 1. The van der Waals surface area contributed by atoms with Crippen molar-refractivity contribution in [1.82, 2.24) is 4.57 Å². The normalized spacial score (nSPS) is 17.4. The van der Waals surface area contributed by atoms with Crippen molar-refractivity contribution < 1.29 is 36.9 Å². The predicted octanol–water partition coefficient (Wildman–Crippen LogP) is 6.16. The first kappa shape index (κ1) is 25.9. The molecule has 1 atom stereocenters. The first-order valence-electron chi connectivity index (χ1n) is 12.3. The van der Waals surface area contributed by atoms with Crippen molar-refractivity contribution >= 4 is 22.7 Å². The van der Waals surface area contributed by atoms with Gasteiger partial charge < -0.3 is 23.5 Å². The fourth-order valence-corrected chi connectivity index (χ4v) is 4.60. The number of carbonyl (C=O) groups is 1. The molecular formula is C27H26F3N3O5. The average Bonchev–Trinajstić information content (AvgIpc) is 3.16. The standard InChI is InChI=1S/C27H26F3N3O5/c1-16(27(28,29)30)37-26(34)32-18-7-5-17(6-8-18)25-23(12-31)22-10-9-20(38-21-13-35-15-36-14-21)11-24(22)33(25)19-3-2-4-19/h5-11,16,19,21H,2-4,13-15H2,1H3,(H,32,34)/t16-/m1/s1. The van der Waals surface area contributed by atoms with Crippen molar-refractivity contribution in [3.8, 4) is 23.1 Å². The summed E-state index contributed by atoms with van der Waals surface area (Å²) in [6.45, 7) is 1.87. The lowest BCUT2D eigenvalue weighted by Crippen LogP contribution is -2.33. The molecule has 2 heterocycles. The molecule has 8 nitrogen and oxygen atoms in total. The molecule has 1 aliphatic heterocycles. The molecule has 38 heavy (non-hydrogen) atoms. The summed E-state index contributed by atoms with van der Waals surface area (Å²) in [5.41, 5.74) is 3.15. The van der Waals surface area contributed by atoms with Crippen LogP contribution in [0.1, 0.15) is 37.8 Å². The second-order valence-corrected chi connectivity index (χ2v) is 9.36. The molecule has 0 unspecified atom stereocenters. The number of alkyl halides is 3. The zero-order chi connectivity index (χ0) is 26.9. The first-order chi connectivity index (χ1) is 18.2. The lowest BCUT2D eigenvalue weighted by molar-refractivity contribution is -0.196. The Morgan fingerprint density at radius 3 is 2.47 bits per heavy atom. The van der Waals surface area contributed by atoms with Gasteiger partial charge in [-0.05, 0) is 56.0 Å². The molecule has 2 fully saturated rings. The molecule has 200 valence electrons. The van der Waals surface area contributed by atoms with Crippen molar-refractivity contribution in [2.45, 2.75) is 50.6 Å². The molecule has 1 aliphatic carbocycles. The maximum Gasteiger partial charge on any atom is 0.425 e. The number of aromatic nitrogens is 1. The predicted molar refractivity (Wildman–Crippen MR) is 132 cm³/mol. The fraction of sp³-hybridized carbons (Fsp3) is 0.407. The summed E-state index contributed by atoms with van der Waals surface area (Å²) in [5, 5.41) is 13.2. The third-order valence-corrected chi connectivity index (χ3v) is 6.75. The summed E-state index contributed by atoms with van der Waals surface area (Å²) < 4.78 is 61.3. The molecule has 2 aromatic carbocycles. The van der Waals surface area contributed by atoms with Gasteiger partial charge in [0.15, 0.2) is 6.10 Å². The van der Waals surface area contributed by atoms with E-state index in [9.17, 15) is 23.2 Å². The number of ether oxygens (including phenoxy) is 4. The van der Waals surface area contributed by atoms with Crippen molar-refractivity contribution in [1.29, 1.82) is 5.26 Å². The van der Waals surface area contributed by atoms with E-state index >= 15 is 0 Å². The highest BCUT2D eigenvalue weighted by Crippen LogP contribution is 2.43. The monoisotopic (exact) mass is 529 g/mol. The Hall–Kier alpha value is -3.75. The number of nitrogens with zero attached hydrogens (tertiary/aromatic N) is 2. The minimum atomic E-state index is -4.65. The number of carbonyl (C=O) groups excluding carboxylic acids is 1. The van der Waals surface area contributed by atoms with Crippen molar-refractivity contribution in [3.63, 3.8) is 0 Å². The van der Waals surface area contributed by atoms with Gasteiger partial charge in [-0.3, -0.25) is 5.32 Å². The molecule has 1 saturated carbocycles. The van der Waals surface area contributed by atoms with Gasteiger partial charge in [-0.1, -0.05) is 12.1 Å². The van der Waals surface area contributed by atoms with E-state index in [0.29, 0.717) is 24.5 Å². The lowest BCUT2D eigenvalue weighted by atomic mass is 9.92. The maximum atomic E-state index is 12.7. The van der Waals surface area contributed by atoms with Gasteiger partial charge in [-0.2, -0.15) is 18.4 Å². The fourth-order valence-electron chi connectivity index (χ4n) is 4.60. The molecule has 1 saturated heterocycles. The summed E-state index contributed by atoms with van der Waals surface area (Å²) in [6.07, 6.45) is -5.28. The van der Waals surface area contributed by atoms with E-state index in [1.165, 1.54) is 0 Å². The number of halogens is 3. The summed E-state index contributed by atoms with van der Waals surface area (Å²) in [5.74, 6) is 0.650. The van der Waals surface area contributed by atoms with Crippen LogP contribution in [0.2, 0.25) is 0 Å². The van der Waals surface area contributed by atoms with Crippen LogP contribution in [-0.4, -0.2) is 49.1 Å². The summed E-state index contributed by atoms with van der Waals surface area (Å²) in [4.78, 5) is 11.9. The number of anilines is 1.